The second-order valence-corrected chi connectivity index (χ2v) is 7.47. The number of aromatic hydroxyl groups is 2. The summed E-state index contributed by atoms with van der Waals surface area (Å²) in [5.41, 5.74) is -4.48. The minimum absolute atomic E-state index is 0.0187. The summed E-state index contributed by atoms with van der Waals surface area (Å²) in [6.45, 7) is 1.18. The highest BCUT2D eigenvalue weighted by Gasteiger charge is 2.65. The molecular weight excluding hydrogens is 393 g/mol. The van der Waals surface area contributed by atoms with E-state index in [0.29, 0.717) is 6.07 Å². The number of ether oxygens (including phenoxy) is 1. The Bertz CT molecular complexity index is 1060. The monoisotopic (exact) mass is 410 g/mol. The molecule has 1 aromatic heterocycles. The van der Waals surface area contributed by atoms with Crippen LogP contribution in [0.1, 0.15) is 42.0 Å². The number of aliphatic hydroxyl groups is 2. The highest BCUT2D eigenvalue weighted by atomic mass is 19.4. The van der Waals surface area contributed by atoms with Crippen LogP contribution < -0.4 is 0 Å². The van der Waals surface area contributed by atoms with E-state index in [1.807, 2.05) is 0 Å². The molecule has 2 aromatic rings. The molecule has 4 rings (SSSR count). The van der Waals surface area contributed by atoms with Crippen LogP contribution in [0.25, 0.3) is 5.69 Å². The van der Waals surface area contributed by atoms with Gasteiger partial charge in [0.2, 0.25) is 11.8 Å². The van der Waals surface area contributed by atoms with Gasteiger partial charge in [-0.05, 0) is 25.1 Å². The fraction of sp³-hybridized carbons (Fsp3) is 0.421. The van der Waals surface area contributed by atoms with Crippen LogP contribution in [0.15, 0.2) is 18.2 Å². The Kier molecular flexibility index (Phi) is 3.97. The van der Waals surface area contributed by atoms with Gasteiger partial charge in [0.15, 0.2) is 0 Å². The molecule has 0 amide bonds. The third-order valence-corrected chi connectivity index (χ3v) is 5.84. The summed E-state index contributed by atoms with van der Waals surface area (Å²) in [4.78, 5) is 0. The Morgan fingerprint density at radius 2 is 1.93 bits per heavy atom. The van der Waals surface area contributed by atoms with Gasteiger partial charge < -0.3 is 25.2 Å². The Morgan fingerprint density at radius 1 is 1.28 bits per heavy atom. The number of aromatic nitrogens is 1. The van der Waals surface area contributed by atoms with Crippen LogP contribution in [0.3, 0.4) is 0 Å². The normalized spacial score (nSPS) is 27.8. The van der Waals surface area contributed by atoms with Gasteiger partial charge in [-0.2, -0.15) is 18.4 Å². The molecular formula is C19H17F3N2O5. The van der Waals surface area contributed by atoms with Crippen LogP contribution in [-0.2, 0) is 22.1 Å². The van der Waals surface area contributed by atoms with Gasteiger partial charge in [-0.1, -0.05) is 0 Å². The molecule has 10 heteroatoms. The molecule has 29 heavy (non-hydrogen) atoms. The summed E-state index contributed by atoms with van der Waals surface area (Å²) in [5.74, 6) is -1.11. The standard InChI is InChI=1S/C19H17F3N2O5/c1-17-12(26)7-18(29-17,4-5-25)14-13(17)15(27)24(16(14)28)10-3-2-9(8-23)11(6-10)19(20,21)22/h2-3,6,12,25-28H,4-5,7H2,1H3/t12-,17?,18?/m0/s1. The van der Waals surface area contributed by atoms with Crippen molar-refractivity contribution in [2.24, 2.45) is 0 Å². The van der Waals surface area contributed by atoms with Gasteiger partial charge in [0.05, 0.1) is 40.1 Å². The van der Waals surface area contributed by atoms with Gasteiger partial charge in [0, 0.05) is 19.4 Å². The second-order valence-electron chi connectivity index (χ2n) is 7.47. The Balaban J connectivity index is 1.97. The van der Waals surface area contributed by atoms with Gasteiger partial charge in [-0.15, -0.1) is 0 Å². The molecule has 2 unspecified atom stereocenters. The third kappa shape index (κ3) is 2.41. The van der Waals surface area contributed by atoms with E-state index >= 15 is 0 Å². The smallest absolute Gasteiger partial charge is 0.417 e. The average molecular weight is 410 g/mol. The summed E-state index contributed by atoms with van der Waals surface area (Å²) >= 11 is 0. The van der Waals surface area contributed by atoms with Crippen molar-refractivity contribution in [3.8, 4) is 23.5 Å². The zero-order valence-electron chi connectivity index (χ0n) is 15.2. The van der Waals surface area contributed by atoms with Crippen LogP contribution >= 0.6 is 0 Å². The number of alkyl halides is 3. The number of halogens is 3. The van der Waals surface area contributed by atoms with Crippen molar-refractivity contribution in [3.63, 3.8) is 0 Å². The summed E-state index contributed by atoms with van der Waals surface area (Å²) in [5, 5.41) is 50.5. The highest BCUT2D eigenvalue weighted by Crippen LogP contribution is 2.65. The van der Waals surface area contributed by atoms with E-state index in [9.17, 15) is 33.6 Å². The summed E-state index contributed by atoms with van der Waals surface area (Å²) in [6.07, 6.45) is -5.79. The third-order valence-electron chi connectivity index (χ3n) is 5.84. The van der Waals surface area contributed by atoms with E-state index in [1.54, 1.807) is 0 Å². The minimum atomic E-state index is -4.81. The van der Waals surface area contributed by atoms with E-state index in [0.717, 1.165) is 10.6 Å². The molecule has 0 aliphatic carbocycles. The molecule has 3 heterocycles. The molecule has 0 spiro atoms. The summed E-state index contributed by atoms with van der Waals surface area (Å²) < 4.78 is 46.7. The molecule has 2 aliphatic heterocycles. The topological polar surface area (TPSA) is 119 Å². The lowest BCUT2D eigenvalue weighted by Crippen LogP contribution is -2.33. The minimum Gasteiger partial charge on any atom is -0.494 e. The number of aliphatic hydroxyl groups excluding tert-OH is 2. The average Bonchev–Trinajstić information content (AvgIpc) is 3.16. The maximum atomic E-state index is 13.3. The fourth-order valence-corrected chi connectivity index (χ4v) is 4.55. The van der Waals surface area contributed by atoms with E-state index in [2.05, 4.69) is 0 Å². The molecule has 1 saturated heterocycles. The molecule has 2 bridgehead atoms. The molecule has 3 atom stereocenters. The predicted molar refractivity (Wildman–Crippen MR) is 91.3 cm³/mol. The molecule has 4 N–H and O–H groups in total. The van der Waals surface area contributed by atoms with E-state index in [-0.39, 0.29) is 36.3 Å². The number of hydrogen-bond donors (Lipinski definition) is 4. The van der Waals surface area contributed by atoms with Crippen LogP contribution in [-0.4, -0.2) is 37.7 Å². The van der Waals surface area contributed by atoms with Crippen LogP contribution in [0.4, 0.5) is 13.2 Å². The lowest BCUT2D eigenvalue weighted by Gasteiger charge is -2.26. The van der Waals surface area contributed by atoms with Gasteiger partial charge in [-0.25, -0.2) is 0 Å². The molecule has 1 aromatic carbocycles. The largest absolute Gasteiger partial charge is 0.494 e. The molecule has 1 fully saturated rings. The second kappa shape index (κ2) is 5.89. The van der Waals surface area contributed by atoms with Crippen LogP contribution in [0.5, 0.6) is 11.8 Å². The first-order valence-corrected chi connectivity index (χ1v) is 8.78. The van der Waals surface area contributed by atoms with E-state index in [4.69, 9.17) is 10.00 Å². The van der Waals surface area contributed by atoms with E-state index < -0.39 is 46.4 Å². The first-order chi connectivity index (χ1) is 13.5. The molecule has 2 aliphatic rings. The van der Waals surface area contributed by atoms with Crippen molar-refractivity contribution in [1.82, 2.24) is 4.57 Å². The quantitative estimate of drug-likeness (QED) is 0.617. The van der Waals surface area contributed by atoms with Gasteiger partial charge in [0.1, 0.15) is 11.2 Å². The molecule has 154 valence electrons. The number of nitrogens with zero attached hydrogens (tertiary/aromatic N) is 2. The van der Waals surface area contributed by atoms with Crippen LogP contribution in [0.2, 0.25) is 0 Å². The number of fused-ring (bicyclic) bond motifs is 5. The van der Waals surface area contributed by atoms with Gasteiger partial charge >= 0.3 is 6.18 Å². The Morgan fingerprint density at radius 3 is 2.52 bits per heavy atom. The lowest BCUT2D eigenvalue weighted by atomic mass is 9.76. The summed E-state index contributed by atoms with van der Waals surface area (Å²) in [7, 11) is 0. The van der Waals surface area contributed by atoms with E-state index in [1.165, 1.54) is 19.1 Å². The predicted octanol–water partition coefficient (Wildman–Crippen LogP) is 2.37. The highest BCUT2D eigenvalue weighted by molar-refractivity contribution is 5.62. The Hall–Kier alpha value is -2.74. The molecule has 0 radical (unpaired) electrons. The van der Waals surface area contributed by atoms with Gasteiger partial charge in [-0.3, -0.25) is 4.57 Å². The van der Waals surface area contributed by atoms with Crippen molar-refractivity contribution in [3.05, 3.63) is 40.5 Å². The first kappa shape index (κ1) is 19.6. The summed E-state index contributed by atoms with van der Waals surface area (Å²) in [6, 6.07) is 4.25. The number of benzene rings is 1. The SMILES string of the molecule is CC12OC(CCO)(C[C@@H]1O)c1c2c(O)n(-c2ccc(C#N)c(C(F)(F)F)c2)c1O. The number of rotatable bonds is 3. The number of hydrogen-bond acceptors (Lipinski definition) is 6. The maximum Gasteiger partial charge on any atom is 0.417 e. The van der Waals surface area contributed by atoms with Gasteiger partial charge in [0.25, 0.3) is 0 Å². The fourth-order valence-electron chi connectivity index (χ4n) is 4.55. The maximum absolute atomic E-state index is 13.3. The Labute approximate surface area is 162 Å². The number of nitriles is 1. The zero-order chi connectivity index (χ0) is 21.4. The van der Waals surface area contributed by atoms with Crippen molar-refractivity contribution in [2.45, 2.75) is 43.2 Å². The first-order valence-electron chi connectivity index (χ1n) is 8.78. The van der Waals surface area contributed by atoms with Crippen molar-refractivity contribution < 1.29 is 38.3 Å². The molecule has 0 saturated carbocycles. The molecule has 7 nitrogen and oxygen atoms in total. The zero-order valence-corrected chi connectivity index (χ0v) is 15.2. The van der Waals surface area contributed by atoms with Crippen LogP contribution in [0, 0.1) is 11.3 Å². The lowest BCUT2D eigenvalue weighted by molar-refractivity contribution is -0.137. The van der Waals surface area contributed by atoms with Crippen molar-refractivity contribution in [1.29, 1.82) is 5.26 Å². The van der Waals surface area contributed by atoms with Crippen molar-refractivity contribution >= 4 is 0 Å². The van der Waals surface area contributed by atoms with Crippen molar-refractivity contribution in [2.75, 3.05) is 6.61 Å².